The number of methoxy groups -OCH3 is 1. The second kappa shape index (κ2) is 8.53. The van der Waals surface area contributed by atoms with Gasteiger partial charge < -0.3 is 15.0 Å². The summed E-state index contributed by atoms with van der Waals surface area (Å²) in [6.07, 6.45) is 1.60. The zero-order valence-electron chi connectivity index (χ0n) is 17.3. The van der Waals surface area contributed by atoms with Crippen molar-refractivity contribution in [2.45, 2.75) is 32.9 Å². The van der Waals surface area contributed by atoms with Crippen LogP contribution in [-0.2, 0) is 17.9 Å². The Labute approximate surface area is 175 Å². The van der Waals surface area contributed by atoms with Gasteiger partial charge in [0.2, 0.25) is 5.91 Å². The molecule has 0 aliphatic carbocycles. The van der Waals surface area contributed by atoms with Crippen LogP contribution in [-0.4, -0.2) is 35.4 Å². The molecule has 3 aromatic rings. The van der Waals surface area contributed by atoms with Gasteiger partial charge in [-0.3, -0.25) is 9.59 Å². The van der Waals surface area contributed by atoms with Gasteiger partial charge in [0, 0.05) is 31.4 Å². The molecule has 30 heavy (non-hydrogen) atoms. The summed E-state index contributed by atoms with van der Waals surface area (Å²) in [5.41, 5.74) is 4.08. The molecule has 2 amide bonds. The summed E-state index contributed by atoms with van der Waals surface area (Å²) in [6, 6.07) is 15.5. The Morgan fingerprint density at radius 1 is 1.17 bits per heavy atom. The summed E-state index contributed by atoms with van der Waals surface area (Å²) in [4.78, 5) is 31.0. The number of fused-ring (bicyclic) bond motifs is 1. The number of benzene rings is 2. The van der Waals surface area contributed by atoms with Gasteiger partial charge in [0.25, 0.3) is 5.91 Å². The predicted molar refractivity (Wildman–Crippen MR) is 115 cm³/mol. The van der Waals surface area contributed by atoms with Crippen molar-refractivity contribution in [1.29, 1.82) is 0 Å². The van der Waals surface area contributed by atoms with E-state index in [-0.39, 0.29) is 11.8 Å². The number of para-hydroxylation sites is 1. The van der Waals surface area contributed by atoms with E-state index in [1.807, 2.05) is 60.4 Å². The van der Waals surface area contributed by atoms with Crippen molar-refractivity contribution in [3.63, 3.8) is 0 Å². The van der Waals surface area contributed by atoms with Gasteiger partial charge in [0.15, 0.2) is 0 Å². The van der Waals surface area contributed by atoms with Crippen LogP contribution < -0.4 is 10.1 Å². The molecular formula is C24H25N3O3. The fraction of sp³-hybridized carbons (Fsp3) is 0.292. The monoisotopic (exact) mass is 403 g/mol. The minimum Gasteiger partial charge on any atom is -0.494 e. The molecule has 4 rings (SSSR count). The first kappa shape index (κ1) is 19.9. The van der Waals surface area contributed by atoms with Gasteiger partial charge in [-0.25, -0.2) is 4.98 Å². The first-order valence-corrected chi connectivity index (χ1v) is 10.1. The molecule has 154 valence electrons. The molecule has 1 aliphatic heterocycles. The molecule has 1 aliphatic rings. The van der Waals surface area contributed by atoms with E-state index in [1.54, 1.807) is 7.11 Å². The number of aromatic nitrogens is 1. The Bertz CT molecular complexity index is 1090. The van der Waals surface area contributed by atoms with Crippen LogP contribution >= 0.6 is 0 Å². The Balaban J connectivity index is 1.42. The first-order valence-electron chi connectivity index (χ1n) is 10.1. The average Bonchev–Trinajstić information content (AvgIpc) is 3.16. The zero-order chi connectivity index (χ0) is 21.1. The number of pyridine rings is 1. The van der Waals surface area contributed by atoms with Crippen LogP contribution in [0.25, 0.3) is 10.9 Å². The summed E-state index contributed by atoms with van der Waals surface area (Å²) in [6.45, 7) is 3.74. The number of nitrogens with zero attached hydrogens (tertiary/aromatic N) is 2. The number of ether oxygens (including phenoxy) is 1. The van der Waals surface area contributed by atoms with E-state index in [9.17, 15) is 9.59 Å². The number of carbonyl (C=O) groups excluding carboxylic acids is 2. The minimum atomic E-state index is -0.156. The molecule has 0 unspecified atom stereocenters. The fourth-order valence-corrected chi connectivity index (χ4v) is 3.79. The summed E-state index contributed by atoms with van der Waals surface area (Å²) < 4.78 is 5.36. The molecule has 1 aromatic heterocycles. The predicted octanol–water partition coefficient (Wildman–Crippen LogP) is 3.60. The van der Waals surface area contributed by atoms with Gasteiger partial charge >= 0.3 is 0 Å². The Kier molecular flexibility index (Phi) is 5.65. The van der Waals surface area contributed by atoms with Crippen LogP contribution in [0.5, 0.6) is 5.75 Å². The van der Waals surface area contributed by atoms with Crippen molar-refractivity contribution in [2.75, 3.05) is 13.7 Å². The highest BCUT2D eigenvalue weighted by Gasteiger charge is 2.20. The van der Waals surface area contributed by atoms with E-state index < -0.39 is 0 Å². The molecule has 2 aromatic carbocycles. The van der Waals surface area contributed by atoms with Gasteiger partial charge in [-0.15, -0.1) is 0 Å². The number of hydrogen-bond donors (Lipinski definition) is 1. The summed E-state index contributed by atoms with van der Waals surface area (Å²) in [5.74, 6) is 0.762. The van der Waals surface area contributed by atoms with Crippen LogP contribution in [0.3, 0.4) is 0 Å². The molecule has 0 radical (unpaired) electrons. The van der Waals surface area contributed by atoms with Crippen LogP contribution in [0.4, 0.5) is 0 Å². The molecule has 1 saturated heterocycles. The number of amides is 2. The van der Waals surface area contributed by atoms with Crippen molar-refractivity contribution >= 4 is 22.7 Å². The van der Waals surface area contributed by atoms with Crippen molar-refractivity contribution in [2.24, 2.45) is 0 Å². The minimum absolute atomic E-state index is 0.156. The summed E-state index contributed by atoms with van der Waals surface area (Å²) in [7, 11) is 1.61. The molecule has 6 heteroatoms. The number of carbonyl (C=O) groups is 2. The number of aryl methyl sites for hydroxylation is 1. The van der Waals surface area contributed by atoms with E-state index >= 15 is 0 Å². The normalized spacial score (nSPS) is 13.7. The van der Waals surface area contributed by atoms with Gasteiger partial charge in [-0.2, -0.15) is 0 Å². The third-order valence-electron chi connectivity index (χ3n) is 5.48. The van der Waals surface area contributed by atoms with Crippen molar-refractivity contribution in [3.8, 4) is 5.75 Å². The number of nitrogens with one attached hydrogen (secondary N) is 1. The number of likely N-dealkylation sites (tertiary alicyclic amines) is 1. The Hall–Kier alpha value is -3.41. The first-order chi connectivity index (χ1) is 14.5. The fourth-order valence-electron chi connectivity index (χ4n) is 3.79. The maximum absolute atomic E-state index is 12.7. The van der Waals surface area contributed by atoms with Gasteiger partial charge in [-0.05, 0) is 36.6 Å². The van der Waals surface area contributed by atoms with Crippen LogP contribution in [0.15, 0.2) is 48.5 Å². The van der Waals surface area contributed by atoms with Gasteiger partial charge in [0.1, 0.15) is 11.3 Å². The molecular weight excluding hydrogens is 378 g/mol. The lowest BCUT2D eigenvalue weighted by Gasteiger charge is -2.15. The molecule has 2 heterocycles. The quantitative estimate of drug-likeness (QED) is 0.683. The molecule has 0 atom stereocenters. The van der Waals surface area contributed by atoms with Crippen LogP contribution in [0.1, 0.15) is 40.0 Å². The highest BCUT2D eigenvalue weighted by molar-refractivity contribution is 5.99. The maximum Gasteiger partial charge on any atom is 0.253 e. The van der Waals surface area contributed by atoms with E-state index in [0.717, 1.165) is 35.0 Å². The molecule has 0 saturated carbocycles. The van der Waals surface area contributed by atoms with E-state index in [2.05, 4.69) is 10.3 Å². The average molecular weight is 403 g/mol. The van der Waals surface area contributed by atoms with E-state index in [1.165, 1.54) is 0 Å². The second-order valence-electron chi connectivity index (χ2n) is 7.57. The van der Waals surface area contributed by atoms with Crippen LogP contribution in [0, 0.1) is 6.92 Å². The highest BCUT2D eigenvalue weighted by atomic mass is 16.5. The lowest BCUT2D eigenvalue weighted by Crippen LogP contribution is -2.24. The molecule has 0 spiro atoms. The third kappa shape index (κ3) is 4.13. The smallest absolute Gasteiger partial charge is 0.253 e. The molecule has 0 bridgehead atoms. The maximum atomic E-state index is 12.7. The highest BCUT2D eigenvalue weighted by Crippen LogP contribution is 2.25. The SMILES string of the molecule is COc1cccc2cc(C(=O)NCc3ccc(CN4CCCC4=O)cc3)c(C)nc12. The number of hydrogen-bond acceptors (Lipinski definition) is 4. The molecule has 1 N–H and O–H groups in total. The van der Waals surface area contributed by atoms with Crippen molar-refractivity contribution in [3.05, 3.63) is 70.9 Å². The lowest BCUT2D eigenvalue weighted by atomic mass is 10.1. The summed E-state index contributed by atoms with van der Waals surface area (Å²) in [5, 5.41) is 3.84. The van der Waals surface area contributed by atoms with E-state index in [4.69, 9.17) is 4.74 Å². The largest absolute Gasteiger partial charge is 0.494 e. The standard InChI is InChI=1S/C24H25N3O3/c1-16-20(13-19-5-3-6-21(30-2)23(19)26-16)24(29)25-14-17-8-10-18(11-9-17)15-27-12-4-7-22(27)28/h3,5-6,8-11,13H,4,7,12,14-15H2,1-2H3,(H,25,29). The van der Waals surface area contributed by atoms with Gasteiger partial charge in [-0.1, -0.05) is 36.4 Å². The Morgan fingerprint density at radius 3 is 2.63 bits per heavy atom. The van der Waals surface area contributed by atoms with Crippen molar-refractivity contribution in [1.82, 2.24) is 15.2 Å². The topological polar surface area (TPSA) is 71.5 Å². The second-order valence-corrected chi connectivity index (χ2v) is 7.57. The van der Waals surface area contributed by atoms with Gasteiger partial charge in [0.05, 0.1) is 18.4 Å². The van der Waals surface area contributed by atoms with E-state index in [0.29, 0.717) is 36.5 Å². The third-order valence-corrected chi connectivity index (χ3v) is 5.48. The van der Waals surface area contributed by atoms with Crippen LogP contribution in [0.2, 0.25) is 0 Å². The zero-order valence-corrected chi connectivity index (χ0v) is 17.3. The molecule has 6 nitrogen and oxygen atoms in total. The lowest BCUT2D eigenvalue weighted by molar-refractivity contribution is -0.128. The molecule has 1 fully saturated rings. The Morgan fingerprint density at radius 2 is 1.93 bits per heavy atom. The van der Waals surface area contributed by atoms with Crippen molar-refractivity contribution < 1.29 is 14.3 Å². The summed E-state index contributed by atoms with van der Waals surface area (Å²) >= 11 is 0. The number of rotatable bonds is 6.